The lowest BCUT2D eigenvalue weighted by Gasteiger charge is -2.22. The lowest BCUT2D eigenvalue weighted by atomic mass is 9.96. The monoisotopic (exact) mass is 360 g/mol. The largest absolute Gasteiger partial charge is 0.467 e. The van der Waals surface area contributed by atoms with Crippen molar-refractivity contribution in [1.82, 2.24) is 5.32 Å². The number of hydrogen-bond donors (Lipinski definition) is 2. The number of benzene rings is 2. The summed E-state index contributed by atoms with van der Waals surface area (Å²) in [6.07, 6.45) is 1.83. The minimum Gasteiger partial charge on any atom is -0.467 e. The van der Waals surface area contributed by atoms with E-state index in [4.69, 9.17) is 4.74 Å². The molecule has 132 valence electrons. The van der Waals surface area contributed by atoms with E-state index < -0.39 is 12.0 Å². The quantitative estimate of drug-likeness (QED) is 0.822. The van der Waals surface area contributed by atoms with E-state index >= 15 is 0 Å². The van der Waals surface area contributed by atoms with Crippen LogP contribution in [0.5, 0.6) is 0 Å². The molecule has 2 aromatic rings. The first-order valence-corrected chi connectivity index (χ1v) is 8.00. The highest BCUT2D eigenvalue weighted by Crippen LogP contribution is 2.26. The van der Waals surface area contributed by atoms with Crippen LogP contribution in [-0.4, -0.2) is 25.5 Å². The number of anilines is 1. The van der Waals surface area contributed by atoms with Crippen LogP contribution in [0.3, 0.4) is 0 Å². The number of carbonyl (C=O) groups excluding carboxylic acids is 2. The van der Waals surface area contributed by atoms with Gasteiger partial charge in [0.25, 0.3) is 5.91 Å². The Bertz CT molecular complexity index is 750. The molecule has 0 aromatic heterocycles. The van der Waals surface area contributed by atoms with E-state index in [-0.39, 0.29) is 18.3 Å². The molecule has 0 spiro atoms. The molecule has 5 nitrogen and oxygen atoms in total. The second-order valence-corrected chi connectivity index (χ2v) is 5.70. The van der Waals surface area contributed by atoms with Crippen LogP contribution in [0.2, 0.25) is 0 Å². The second-order valence-electron chi connectivity index (χ2n) is 5.70. The minimum absolute atomic E-state index is 0. The van der Waals surface area contributed by atoms with E-state index in [0.29, 0.717) is 11.1 Å². The van der Waals surface area contributed by atoms with Crippen LogP contribution in [0.4, 0.5) is 5.69 Å². The smallest absolute Gasteiger partial charge is 0.333 e. The number of fused-ring (bicyclic) bond motifs is 1. The lowest BCUT2D eigenvalue weighted by Crippen LogP contribution is -2.35. The highest BCUT2D eigenvalue weighted by molar-refractivity contribution is 5.99. The Hall–Kier alpha value is -2.53. The molecule has 0 aliphatic carbocycles. The standard InChI is InChI=1S/C19H20N2O3.ClH/c1-24-19(23)17(13-7-3-2-4-8-13)21-18(22)15-9-5-11-16-14(15)10-6-12-20-16;/h2-5,7-9,11,17,20H,6,10,12H2,1H3,(H,21,22);1H. The van der Waals surface area contributed by atoms with Crippen molar-refractivity contribution in [1.29, 1.82) is 0 Å². The Morgan fingerprint density at radius 2 is 1.88 bits per heavy atom. The van der Waals surface area contributed by atoms with Crippen LogP contribution in [0.1, 0.15) is 33.9 Å². The van der Waals surface area contributed by atoms with Gasteiger partial charge in [-0.25, -0.2) is 4.79 Å². The van der Waals surface area contributed by atoms with E-state index in [1.54, 1.807) is 18.2 Å². The molecule has 1 atom stereocenters. The maximum atomic E-state index is 12.8. The van der Waals surface area contributed by atoms with Gasteiger partial charge in [-0.3, -0.25) is 4.79 Å². The Labute approximate surface area is 153 Å². The molecule has 3 rings (SSSR count). The van der Waals surface area contributed by atoms with Gasteiger partial charge in [-0.15, -0.1) is 12.4 Å². The predicted molar refractivity (Wildman–Crippen MR) is 99.2 cm³/mol. The van der Waals surface area contributed by atoms with Gasteiger partial charge in [0.05, 0.1) is 7.11 Å². The molecule has 2 N–H and O–H groups in total. The van der Waals surface area contributed by atoms with E-state index in [0.717, 1.165) is 30.6 Å². The summed E-state index contributed by atoms with van der Waals surface area (Å²) in [5.41, 5.74) is 3.28. The van der Waals surface area contributed by atoms with Crippen LogP contribution in [0.25, 0.3) is 0 Å². The number of ether oxygens (including phenoxy) is 1. The first kappa shape index (κ1) is 18.8. The molecule has 0 bridgehead atoms. The molecule has 6 heteroatoms. The topological polar surface area (TPSA) is 67.4 Å². The Balaban J connectivity index is 0.00000225. The van der Waals surface area contributed by atoms with Crippen molar-refractivity contribution >= 4 is 30.0 Å². The number of esters is 1. The van der Waals surface area contributed by atoms with Gasteiger partial charge in [-0.05, 0) is 36.1 Å². The summed E-state index contributed by atoms with van der Waals surface area (Å²) in [6.45, 7) is 0.910. The van der Waals surface area contributed by atoms with Crippen molar-refractivity contribution in [3.8, 4) is 0 Å². The molecule has 1 amide bonds. The predicted octanol–water partition coefficient (Wildman–Crippen LogP) is 3.11. The number of halogens is 1. The zero-order valence-corrected chi connectivity index (χ0v) is 14.8. The Kier molecular flexibility index (Phi) is 6.42. The van der Waals surface area contributed by atoms with Crippen LogP contribution >= 0.6 is 12.4 Å². The van der Waals surface area contributed by atoms with Gasteiger partial charge < -0.3 is 15.4 Å². The second kappa shape index (κ2) is 8.53. The molecule has 25 heavy (non-hydrogen) atoms. The molecule has 1 heterocycles. The third kappa shape index (κ3) is 4.12. The van der Waals surface area contributed by atoms with Crippen molar-refractivity contribution in [2.24, 2.45) is 0 Å². The number of carbonyl (C=O) groups is 2. The summed E-state index contributed by atoms with van der Waals surface area (Å²) in [6, 6.07) is 13.9. The summed E-state index contributed by atoms with van der Waals surface area (Å²) >= 11 is 0. The Morgan fingerprint density at radius 3 is 2.60 bits per heavy atom. The molecule has 0 saturated heterocycles. The van der Waals surface area contributed by atoms with Gasteiger partial charge in [-0.1, -0.05) is 36.4 Å². The van der Waals surface area contributed by atoms with E-state index in [1.807, 2.05) is 30.3 Å². The maximum Gasteiger partial charge on any atom is 0.333 e. The first-order valence-electron chi connectivity index (χ1n) is 8.00. The number of nitrogens with one attached hydrogen (secondary N) is 2. The van der Waals surface area contributed by atoms with Crippen molar-refractivity contribution < 1.29 is 14.3 Å². The minimum atomic E-state index is -0.823. The van der Waals surface area contributed by atoms with Crippen LogP contribution < -0.4 is 10.6 Å². The number of rotatable bonds is 4. The van der Waals surface area contributed by atoms with Crippen LogP contribution in [-0.2, 0) is 16.0 Å². The zero-order chi connectivity index (χ0) is 16.9. The van der Waals surface area contributed by atoms with Gasteiger partial charge in [0, 0.05) is 17.8 Å². The molecular formula is C19H21ClN2O3. The summed E-state index contributed by atoms with van der Waals surface area (Å²) in [5, 5.41) is 6.11. The van der Waals surface area contributed by atoms with Gasteiger partial charge in [0.15, 0.2) is 6.04 Å². The molecule has 1 unspecified atom stereocenters. The maximum absolute atomic E-state index is 12.8. The molecule has 0 radical (unpaired) electrons. The third-order valence-electron chi connectivity index (χ3n) is 4.18. The van der Waals surface area contributed by atoms with E-state index in [1.165, 1.54) is 7.11 Å². The summed E-state index contributed by atoms with van der Waals surface area (Å²) < 4.78 is 4.85. The fourth-order valence-corrected chi connectivity index (χ4v) is 2.97. The van der Waals surface area contributed by atoms with Gasteiger partial charge in [0.1, 0.15) is 0 Å². The van der Waals surface area contributed by atoms with Gasteiger partial charge in [0.2, 0.25) is 0 Å². The average molecular weight is 361 g/mol. The highest BCUT2D eigenvalue weighted by Gasteiger charge is 2.25. The average Bonchev–Trinajstić information content (AvgIpc) is 2.65. The molecule has 1 aliphatic heterocycles. The molecule has 1 aliphatic rings. The molecule has 0 saturated carbocycles. The summed E-state index contributed by atoms with van der Waals surface area (Å²) in [7, 11) is 1.32. The zero-order valence-electron chi connectivity index (χ0n) is 14.0. The van der Waals surface area contributed by atoms with Crippen LogP contribution in [0, 0.1) is 0 Å². The summed E-state index contributed by atoms with van der Waals surface area (Å²) in [5.74, 6) is -0.757. The van der Waals surface area contributed by atoms with Crippen molar-refractivity contribution in [2.45, 2.75) is 18.9 Å². The fourth-order valence-electron chi connectivity index (χ4n) is 2.97. The van der Waals surface area contributed by atoms with E-state index in [9.17, 15) is 9.59 Å². The van der Waals surface area contributed by atoms with Crippen molar-refractivity contribution in [2.75, 3.05) is 19.0 Å². The molecule has 0 fully saturated rings. The molecule has 2 aromatic carbocycles. The Morgan fingerprint density at radius 1 is 1.12 bits per heavy atom. The molecular weight excluding hydrogens is 340 g/mol. The first-order chi connectivity index (χ1) is 11.7. The SMILES string of the molecule is COC(=O)C(NC(=O)c1cccc2c1CCCN2)c1ccccc1.Cl. The fraction of sp³-hybridized carbons (Fsp3) is 0.263. The number of methoxy groups -OCH3 is 1. The number of amides is 1. The van der Waals surface area contributed by atoms with E-state index in [2.05, 4.69) is 10.6 Å². The summed E-state index contributed by atoms with van der Waals surface area (Å²) in [4.78, 5) is 24.9. The van der Waals surface area contributed by atoms with Gasteiger partial charge in [-0.2, -0.15) is 0 Å². The van der Waals surface area contributed by atoms with Crippen LogP contribution in [0.15, 0.2) is 48.5 Å². The van der Waals surface area contributed by atoms with Gasteiger partial charge >= 0.3 is 5.97 Å². The normalized spacial score (nSPS) is 13.5. The van der Waals surface area contributed by atoms with Crippen molar-refractivity contribution in [3.05, 3.63) is 65.2 Å². The van der Waals surface area contributed by atoms with Crippen molar-refractivity contribution in [3.63, 3.8) is 0 Å². The lowest BCUT2D eigenvalue weighted by molar-refractivity contribution is -0.143. The number of hydrogen-bond acceptors (Lipinski definition) is 4. The highest BCUT2D eigenvalue weighted by atomic mass is 35.5. The third-order valence-corrected chi connectivity index (χ3v) is 4.18.